The fourth-order valence-electron chi connectivity index (χ4n) is 7.33. The molecular weight excluding hydrogens is 484 g/mol. The predicted molar refractivity (Wildman–Crippen MR) is 156 cm³/mol. The van der Waals surface area contributed by atoms with Gasteiger partial charge in [-0.25, -0.2) is 9.97 Å². The molecule has 3 N–H and O–H groups in total. The molecule has 0 amide bonds. The minimum atomic E-state index is 0.419. The van der Waals surface area contributed by atoms with Gasteiger partial charge in [-0.1, -0.05) is 30.3 Å². The smallest absolute Gasteiger partial charge is 0.146 e. The summed E-state index contributed by atoms with van der Waals surface area (Å²) < 4.78 is 8.37. The second-order valence-electron chi connectivity index (χ2n) is 11.7. The Morgan fingerprint density at radius 2 is 1.46 bits per heavy atom. The largest absolute Gasteiger partial charge is 0.457 e. The Labute approximate surface area is 230 Å². The topological polar surface area (TPSA) is 81.2 Å². The lowest BCUT2D eigenvalue weighted by atomic mass is 9.89. The number of nitrogens with one attached hydrogen (secondary N) is 1. The zero-order chi connectivity index (χ0) is 26.3. The van der Waals surface area contributed by atoms with E-state index >= 15 is 0 Å². The molecule has 3 aliphatic rings. The highest BCUT2D eigenvalue weighted by atomic mass is 16.5. The number of para-hydroxylation sites is 1. The van der Waals surface area contributed by atoms with E-state index in [-0.39, 0.29) is 0 Å². The summed E-state index contributed by atoms with van der Waals surface area (Å²) >= 11 is 0. The van der Waals surface area contributed by atoms with Crippen molar-refractivity contribution in [3.63, 3.8) is 0 Å². The highest BCUT2D eigenvalue weighted by Crippen LogP contribution is 2.40. The number of rotatable bonds is 6. The summed E-state index contributed by atoms with van der Waals surface area (Å²) in [7, 11) is 2.32. The minimum absolute atomic E-state index is 0.419. The maximum atomic E-state index is 6.43. The molecule has 7 nitrogen and oxygen atoms in total. The van der Waals surface area contributed by atoms with Crippen molar-refractivity contribution in [2.75, 3.05) is 12.8 Å². The number of hydrogen-bond acceptors (Lipinski definition) is 6. The van der Waals surface area contributed by atoms with Gasteiger partial charge in [0.2, 0.25) is 0 Å². The van der Waals surface area contributed by atoms with E-state index in [0.29, 0.717) is 23.9 Å². The summed E-state index contributed by atoms with van der Waals surface area (Å²) in [5.74, 6) is 2.17. The van der Waals surface area contributed by atoms with Crippen molar-refractivity contribution in [3.05, 3.63) is 67.1 Å². The number of benzene rings is 2. The van der Waals surface area contributed by atoms with Gasteiger partial charge in [0.05, 0.1) is 5.39 Å². The van der Waals surface area contributed by atoms with Crippen molar-refractivity contribution in [1.82, 2.24) is 24.8 Å². The molecule has 0 radical (unpaired) electrons. The molecule has 7 heteroatoms. The summed E-state index contributed by atoms with van der Waals surface area (Å²) in [5.41, 5.74) is 9.54. The highest BCUT2D eigenvalue weighted by Gasteiger charge is 2.39. The first-order chi connectivity index (χ1) is 19.1. The van der Waals surface area contributed by atoms with Gasteiger partial charge < -0.3 is 25.3 Å². The van der Waals surface area contributed by atoms with E-state index in [9.17, 15) is 0 Å². The Hall–Kier alpha value is -3.42. The second kappa shape index (κ2) is 10.3. The van der Waals surface area contributed by atoms with Crippen molar-refractivity contribution in [3.8, 4) is 22.6 Å². The quantitative estimate of drug-likeness (QED) is 0.315. The lowest BCUT2D eigenvalue weighted by molar-refractivity contribution is 0.136. The average Bonchev–Trinajstić information content (AvgIpc) is 3.43. The van der Waals surface area contributed by atoms with Crippen LogP contribution in [0.1, 0.15) is 57.4 Å². The van der Waals surface area contributed by atoms with Crippen LogP contribution in [0.2, 0.25) is 0 Å². The lowest BCUT2D eigenvalue weighted by Crippen LogP contribution is -2.50. The Morgan fingerprint density at radius 3 is 2.18 bits per heavy atom. The van der Waals surface area contributed by atoms with Gasteiger partial charge in [-0.15, -0.1) is 0 Å². The number of aromatic nitrogens is 3. The van der Waals surface area contributed by atoms with Crippen LogP contribution in [0.3, 0.4) is 0 Å². The molecule has 7 rings (SSSR count). The molecule has 4 heterocycles. The van der Waals surface area contributed by atoms with Crippen LogP contribution in [0.25, 0.3) is 22.2 Å². The number of piperidine rings is 1. The number of nitrogens with two attached hydrogens (primary N) is 1. The van der Waals surface area contributed by atoms with Gasteiger partial charge in [0, 0.05) is 42.0 Å². The third-order valence-electron chi connectivity index (χ3n) is 9.44. The van der Waals surface area contributed by atoms with E-state index in [4.69, 9.17) is 15.5 Å². The Bertz CT molecular complexity index is 1410. The molecule has 39 heavy (non-hydrogen) atoms. The first-order valence-corrected chi connectivity index (χ1v) is 14.5. The summed E-state index contributed by atoms with van der Waals surface area (Å²) in [5, 5.41) is 5.00. The Kier molecular flexibility index (Phi) is 6.49. The molecule has 2 aliphatic heterocycles. The average molecular weight is 523 g/mol. The SMILES string of the molecule is CN1C2CCC1CC(NC1CCC(n3cc(-c4ccc(Oc5ccccc5)cc4)c4c(N)ncnc43)CC1)C2. The van der Waals surface area contributed by atoms with E-state index in [1.165, 1.54) is 38.5 Å². The number of ether oxygens (including phenoxy) is 1. The summed E-state index contributed by atoms with van der Waals surface area (Å²) in [6.07, 6.45) is 13.9. The predicted octanol–water partition coefficient (Wildman–Crippen LogP) is 6.17. The van der Waals surface area contributed by atoms with Crippen LogP contribution < -0.4 is 15.8 Å². The van der Waals surface area contributed by atoms with Crippen LogP contribution in [-0.2, 0) is 0 Å². The standard InChI is InChI=1S/C32H38N6O/c1-37-25-13-14-26(37)18-23(17-25)36-22-9-11-24(12-10-22)38-19-29(30-31(33)34-20-35-32(30)38)21-7-15-28(16-8-21)39-27-5-3-2-4-6-27/h2-8,15-16,19-20,22-26,36H,9-14,17-18H2,1H3,(H2,33,34,35). The van der Waals surface area contributed by atoms with Gasteiger partial charge in [0.15, 0.2) is 0 Å². The van der Waals surface area contributed by atoms with Gasteiger partial charge in [-0.05, 0) is 88.2 Å². The van der Waals surface area contributed by atoms with Crippen molar-refractivity contribution >= 4 is 16.9 Å². The van der Waals surface area contributed by atoms with Gasteiger partial charge in [0.1, 0.15) is 29.3 Å². The van der Waals surface area contributed by atoms with Crippen molar-refractivity contribution in [2.24, 2.45) is 0 Å². The fraction of sp³-hybridized carbons (Fsp3) is 0.438. The molecule has 1 aliphatic carbocycles. The molecule has 2 atom stereocenters. The third kappa shape index (κ3) is 4.79. The van der Waals surface area contributed by atoms with Gasteiger partial charge in [-0.3, -0.25) is 0 Å². The van der Waals surface area contributed by atoms with E-state index in [1.54, 1.807) is 6.33 Å². The number of hydrogen-bond donors (Lipinski definition) is 2. The summed E-state index contributed by atoms with van der Waals surface area (Å²) in [6.45, 7) is 0. The van der Waals surface area contributed by atoms with Crippen molar-refractivity contribution < 1.29 is 4.74 Å². The zero-order valence-corrected chi connectivity index (χ0v) is 22.7. The van der Waals surface area contributed by atoms with Gasteiger partial charge >= 0.3 is 0 Å². The minimum Gasteiger partial charge on any atom is -0.457 e. The monoisotopic (exact) mass is 522 g/mol. The summed E-state index contributed by atoms with van der Waals surface area (Å²) in [6, 6.07) is 21.4. The van der Waals surface area contributed by atoms with Crippen LogP contribution in [-0.4, -0.2) is 50.7 Å². The zero-order valence-electron chi connectivity index (χ0n) is 22.7. The first-order valence-electron chi connectivity index (χ1n) is 14.5. The molecule has 4 aromatic rings. The van der Waals surface area contributed by atoms with Gasteiger partial charge in [-0.2, -0.15) is 0 Å². The van der Waals surface area contributed by atoms with Crippen LogP contribution in [0.15, 0.2) is 67.1 Å². The van der Waals surface area contributed by atoms with E-state index in [0.717, 1.165) is 58.6 Å². The number of fused-ring (bicyclic) bond motifs is 3. The lowest BCUT2D eigenvalue weighted by Gasteiger charge is -2.40. The van der Waals surface area contributed by atoms with Crippen molar-refractivity contribution in [2.45, 2.75) is 81.6 Å². The van der Waals surface area contributed by atoms with Crippen LogP contribution in [0, 0.1) is 0 Å². The van der Waals surface area contributed by atoms with Crippen LogP contribution >= 0.6 is 0 Å². The number of nitrogens with zero attached hydrogens (tertiary/aromatic N) is 4. The maximum Gasteiger partial charge on any atom is 0.146 e. The Balaban J connectivity index is 1.07. The Morgan fingerprint density at radius 1 is 0.795 bits per heavy atom. The van der Waals surface area contributed by atoms with E-state index in [2.05, 4.69) is 45.1 Å². The molecule has 3 fully saturated rings. The molecule has 2 unspecified atom stereocenters. The van der Waals surface area contributed by atoms with Crippen LogP contribution in [0.4, 0.5) is 5.82 Å². The molecule has 2 aromatic heterocycles. The first kappa shape index (κ1) is 24.6. The van der Waals surface area contributed by atoms with Crippen LogP contribution in [0.5, 0.6) is 11.5 Å². The van der Waals surface area contributed by atoms with Crippen molar-refractivity contribution in [1.29, 1.82) is 0 Å². The normalized spacial score (nSPS) is 27.2. The molecule has 1 saturated carbocycles. The molecular formula is C32H38N6O. The number of anilines is 1. The molecule has 2 bridgehead atoms. The number of nitrogen functional groups attached to an aromatic ring is 1. The maximum absolute atomic E-state index is 6.43. The molecule has 2 aromatic carbocycles. The molecule has 2 saturated heterocycles. The summed E-state index contributed by atoms with van der Waals surface area (Å²) in [4.78, 5) is 11.7. The van der Waals surface area contributed by atoms with E-state index < -0.39 is 0 Å². The second-order valence-corrected chi connectivity index (χ2v) is 11.7. The van der Waals surface area contributed by atoms with Gasteiger partial charge in [0.25, 0.3) is 0 Å². The third-order valence-corrected chi connectivity index (χ3v) is 9.44. The molecule has 202 valence electrons. The fourth-order valence-corrected chi connectivity index (χ4v) is 7.33. The molecule has 0 spiro atoms. The highest BCUT2D eigenvalue weighted by molar-refractivity contribution is 6.00. The van der Waals surface area contributed by atoms with E-state index in [1.807, 2.05) is 42.5 Å².